The Hall–Kier alpha value is -1.28. The standard InChI is InChI=1S/C19H25N3OS.HI/c1-20-19(22-16-5-3-4-6-16)21-12-18-11-15(13-24-18)14-7-9-17(23-2)10-8-14;/h7-11,13,16H,3-6,12H2,1-2H3,(H2,20,21,22);1H. The zero-order valence-corrected chi connectivity index (χ0v) is 17.9. The number of hydrogen-bond donors (Lipinski definition) is 2. The lowest BCUT2D eigenvalue weighted by atomic mass is 10.1. The third-order valence-corrected chi connectivity index (χ3v) is 5.36. The first kappa shape index (κ1) is 20.0. The Balaban J connectivity index is 0.00000225. The van der Waals surface area contributed by atoms with Crippen molar-refractivity contribution < 1.29 is 4.74 Å². The molecule has 1 aliphatic carbocycles. The zero-order valence-electron chi connectivity index (χ0n) is 14.7. The molecule has 0 atom stereocenters. The van der Waals surface area contributed by atoms with Crippen molar-refractivity contribution in [3.05, 3.63) is 40.6 Å². The quantitative estimate of drug-likeness (QED) is 0.379. The van der Waals surface area contributed by atoms with Gasteiger partial charge in [-0.05, 0) is 47.5 Å². The second kappa shape index (κ2) is 10.0. The highest BCUT2D eigenvalue weighted by molar-refractivity contribution is 14.0. The molecule has 2 N–H and O–H groups in total. The van der Waals surface area contributed by atoms with Crippen LogP contribution in [0.2, 0.25) is 0 Å². The molecule has 0 unspecified atom stereocenters. The molecule has 0 bridgehead atoms. The Morgan fingerprint density at radius 3 is 2.56 bits per heavy atom. The molecule has 6 heteroatoms. The maximum absolute atomic E-state index is 5.21. The normalized spacial score (nSPS) is 14.9. The highest BCUT2D eigenvalue weighted by Gasteiger charge is 2.15. The van der Waals surface area contributed by atoms with Gasteiger partial charge in [-0.25, -0.2) is 0 Å². The van der Waals surface area contributed by atoms with Crippen LogP contribution in [-0.2, 0) is 6.54 Å². The Morgan fingerprint density at radius 2 is 1.92 bits per heavy atom. The minimum absolute atomic E-state index is 0. The first-order valence-electron chi connectivity index (χ1n) is 8.47. The van der Waals surface area contributed by atoms with Crippen molar-refractivity contribution in [3.8, 4) is 16.9 Å². The van der Waals surface area contributed by atoms with Gasteiger partial charge in [-0.3, -0.25) is 4.99 Å². The van der Waals surface area contributed by atoms with E-state index in [2.05, 4.69) is 39.2 Å². The Labute approximate surface area is 171 Å². The second-order valence-electron chi connectivity index (χ2n) is 6.08. The summed E-state index contributed by atoms with van der Waals surface area (Å²) in [4.78, 5) is 5.64. The van der Waals surface area contributed by atoms with E-state index in [0.29, 0.717) is 6.04 Å². The zero-order chi connectivity index (χ0) is 16.8. The van der Waals surface area contributed by atoms with Gasteiger partial charge >= 0.3 is 0 Å². The van der Waals surface area contributed by atoms with Gasteiger partial charge in [0.15, 0.2) is 5.96 Å². The van der Waals surface area contributed by atoms with Crippen molar-refractivity contribution >= 4 is 41.3 Å². The molecule has 136 valence electrons. The fourth-order valence-electron chi connectivity index (χ4n) is 3.04. The van der Waals surface area contributed by atoms with Crippen LogP contribution in [0.5, 0.6) is 5.75 Å². The van der Waals surface area contributed by atoms with E-state index in [9.17, 15) is 0 Å². The van der Waals surface area contributed by atoms with Gasteiger partial charge in [0.25, 0.3) is 0 Å². The number of ether oxygens (including phenoxy) is 1. The SMILES string of the molecule is CN=C(NCc1cc(-c2ccc(OC)cc2)cs1)NC1CCCC1.I. The van der Waals surface area contributed by atoms with E-state index in [0.717, 1.165) is 18.3 Å². The molecular weight excluding hydrogens is 445 g/mol. The van der Waals surface area contributed by atoms with Gasteiger partial charge in [0.2, 0.25) is 0 Å². The van der Waals surface area contributed by atoms with Crippen molar-refractivity contribution in [2.24, 2.45) is 4.99 Å². The third-order valence-electron chi connectivity index (χ3n) is 4.43. The van der Waals surface area contributed by atoms with Gasteiger partial charge < -0.3 is 15.4 Å². The second-order valence-corrected chi connectivity index (χ2v) is 7.08. The molecule has 1 heterocycles. The van der Waals surface area contributed by atoms with Crippen molar-refractivity contribution in [2.75, 3.05) is 14.2 Å². The summed E-state index contributed by atoms with van der Waals surface area (Å²) in [6.45, 7) is 0.799. The lowest BCUT2D eigenvalue weighted by Gasteiger charge is -2.16. The summed E-state index contributed by atoms with van der Waals surface area (Å²) >= 11 is 1.77. The van der Waals surface area contributed by atoms with Crippen molar-refractivity contribution in [2.45, 2.75) is 38.3 Å². The number of rotatable bonds is 5. The minimum Gasteiger partial charge on any atom is -0.497 e. The lowest BCUT2D eigenvalue weighted by Crippen LogP contribution is -2.41. The van der Waals surface area contributed by atoms with Crippen molar-refractivity contribution in [1.29, 1.82) is 0 Å². The van der Waals surface area contributed by atoms with Gasteiger partial charge in [0.05, 0.1) is 13.7 Å². The third kappa shape index (κ3) is 5.60. The molecule has 0 radical (unpaired) electrons. The van der Waals surface area contributed by atoms with E-state index in [1.54, 1.807) is 18.4 Å². The summed E-state index contributed by atoms with van der Waals surface area (Å²) < 4.78 is 5.21. The fraction of sp³-hybridized carbons (Fsp3) is 0.421. The number of methoxy groups -OCH3 is 1. The first-order chi connectivity index (χ1) is 11.8. The number of nitrogens with one attached hydrogen (secondary N) is 2. The van der Waals surface area contributed by atoms with Crippen LogP contribution in [0.3, 0.4) is 0 Å². The van der Waals surface area contributed by atoms with E-state index in [4.69, 9.17) is 4.74 Å². The molecular formula is C19H26IN3OS. The van der Waals surface area contributed by atoms with E-state index < -0.39 is 0 Å². The number of halogens is 1. The van der Waals surface area contributed by atoms with Crippen molar-refractivity contribution in [1.82, 2.24) is 10.6 Å². The van der Waals surface area contributed by atoms with E-state index in [-0.39, 0.29) is 24.0 Å². The average Bonchev–Trinajstić information content (AvgIpc) is 3.30. The first-order valence-corrected chi connectivity index (χ1v) is 9.35. The van der Waals surface area contributed by atoms with E-state index >= 15 is 0 Å². The molecule has 0 aliphatic heterocycles. The van der Waals surface area contributed by atoms with Crippen LogP contribution in [0.15, 0.2) is 40.7 Å². The van der Waals surface area contributed by atoms with Crippen LogP contribution >= 0.6 is 35.3 Å². The molecule has 1 saturated carbocycles. The molecule has 3 rings (SSSR count). The van der Waals surface area contributed by atoms with Crippen LogP contribution in [0.25, 0.3) is 11.1 Å². The predicted molar refractivity (Wildman–Crippen MR) is 117 cm³/mol. The van der Waals surface area contributed by atoms with Crippen LogP contribution in [0.4, 0.5) is 0 Å². The van der Waals surface area contributed by atoms with Crippen molar-refractivity contribution in [3.63, 3.8) is 0 Å². The number of benzene rings is 1. The fourth-order valence-corrected chi connectivity index (χ4v) is 3.87. The maximum atomic E-state index is 5.21. The van der Waals surface area contributed by atoms with Gasteiger partial charge in [-0.15, -0.1) is 35.3 Å². The molecule has 0 amide bonds. The lowest BCUT2D eigenvalue weighted by molar-refractivity contribution is 0.415. The Kier molecular flexibility index (Phi) is 8.02. The maximum Gasteiger partial charge on any atom is 0.191 e. The highest BCUT2D eigenvalue weighted by atomic mass is 127. The molecule has 2 aromatic rings. The van der Waals surface area contributed by atoms with Gasteiger partial charge in [-0.2, -0.15) is 0 Å². The van der Waals surface area contributed by atoms with Crippen LogP contribution in [0.1, 0.15) is 30.6 Å². The highest BCUT2D eigenvalue weighted by Crippen LogP contribution is 2.27. The van der Waals surface area contributed by atoms with Crippen LogP contribution in [-0.4, -0.2) is 26.2 Å². The molecule has 1 aromatic heterocycles. The summed E-state index contributed by atoms with van der Waals surface area (Å²) in [5, 5.41) is 9.14. The Bertz CT molecular complexity index is 678. The van der Waals surface area contributed by atoms with Gasteiger partial charge in [0, 0.05) is 18.0 Å². The number of nitrogens with zero attached hydrogens (tertiary/aromatic N) is 1. The predicted octanol–water partition coefficient (Wildman–Crippen LogP) is 4.65. The minimum atomic E-state index is 0. The largest absolute Gasteiger partial charge is 0.497 e. The monoisotopic (exact) mass is 471 g/mol. The van der Waals surface area contributed by atoms with Crippen LogP contribution in [0, 0.1) is 0 Å². The molecule has 25 heavy (non-hydrogen) atoms. The molecule has 1 aliphatic rings. The average molecular weight is 471 g/mol. The summed E-state index contributed by atoms with van der Waals surface area (Å²) in [5.74, 6) is 1.79. The number of aliphatic imine (C=N–C) groups is 1. The summed E-state index contributed by atoms with van der Waals surface area (Å²) in [6.07, 6.45) is 5.15. The number of hydrogen-bond acceptors (Lipinski definition) is 3. The van der Waals surface area contributed by atoms with Gasteiger partial charge in [-0.1, -0.05) is 25.0 Å². The number of guanidine groups is 1. The van der Waals surface area contributed by atoms with Crippen LogP contribution < -0.4 is 15.4 Å². The molecule has 4 nitrogen and oxygen atoms in total. The van der Waals surface area contributed by atoms with E-state index in [1.807, 2.05) is 19.2 Å². The topological polar surface area (TPSA) is 45.7 Å². The molecule has 1 aromatic carbocycles. The number of thiophene rings is 1. The van der Waals surface area contributed by atoms with E-state index in [1.165, 1.54) is 41.7 Å². The summed E-state index contributed by atoms with van der Waals surface area (Å²) in [6, 6.07) is 11.0. The molecule has 0 spiro atoms. The summed E-state index contributed by atoms with van der Waals surface area (Å²) in [7, 11) is 3.53. The Morgan fingerprint density at radius 1 is 1.20 bits per heavy atom. The molecule has 1 fully saturated rings. The smallest absolute Gasteiger partial charge is 0.191 e. The summed E-state index contributed by atoms with van der Waals surface area (Å²) in [5.41, 5.74) is 2.46. The van der Waals surface area contributed by atoms with Gasteiger partial charge in [0.1, 0.15) is 5.75 Å². The molecule has 0 saturated heterocycles.